The maximum absolute atomic E-state index is 13.5. The van der Waals surface area contributed by atoms with Gasteiger partial charge in [-0.3, -0.25) is 4.79 Å². The summed E-state index contributed by atoms with van der Waals surface area (Å²) in [6.07, 6.45) is 1.68. The maximum Gasteiger partial charge on any atom is 0.219 e. The van der Waals surface area contributed by atoms with Crippen LogP contribution in [-0.2, 0) is 0 Å². The van der Waals surface area contributed by atoms with Gasteiger partial charge in [-0.1, -0.05) is 0 Å². The molecule has 1 heterocycles. The summed E-state index contributed by atoms with van der Waals surface area (Å²) < 4.78 is 66.1. The molecule has 2 aromatic rings. The number of Topliss-reactive ketones (excluding diaryl/α,β-unsaturated/α-hetero) is 1. The molecule has 0 saturated heterocycles. The van der Waals surface area contributed by atoms with Crippen LogP contribution >= 0.6 is 0 Å². The Morgan fingerprint density at radius 1 is 1.05 bits per heavy atom. The predicted octanol–water partition coefficient (Wildman–Crippen LogP) is 3.50. The van der Waals surface area contributed by atoms with E-state index in [-0.39, 0.29) is 5.69 Å². The minimum atomic E-state index is -2.32. The molecule has 22 heavy (non-hydrogen) atoms. The van der Waals surface area contributed by atoms with Crippen LogP contribution in [0.1, 0.15) is 16.1 Å². The normalized spacial score (nSPS) is 11.4. The first-order valence-corrected chi connectivity index (χ1v) is 5.69. The highest BCUT2D eigenvalue weighted by atomic mass is 19.2. The third-order valence-electron chi connectivity index (χ3n) is 2.74. The third-order valence-corrected chi connectivity index (χ3v) is 2.74. The molecule has 1 aromatic heterocycles. The summed E-state index contributed by atoms with van der Waals surface area (Å²) >= 11 is 0. The molecule has 0 bridgehead atoms. The molecule has 0 aliphatic heterocycles. The second-order valence-electron chi connectivity index (χ2n) is 4.07. The molecule has 0 saturated carbocycles. The molecule has 0 aliphatic rings. The van der Waals surface area contributed by atoms with Crippen LogP contribution < -0.4 is 0 Å². The molecule has 0 amide bonds. The summed E-state index contributed by atoms with van der Waals surface area (Å²) in [5, 5.41) is 8.87. The van der Waals surface area contributed by atoms with Gasteiger partial charge in [-0.15, -0.1) is 0 Å². The molecule has 0 unspecified atom stereocenters. The fraction of sp³-hybridized carbons (Fsp3) is 0. The second kappa shape index (κ2) is 5.81. The van der Waals surface area contributed by atoms with Crippen LogP contribution in [0.4, 0.5) is 22.0 Å². The van der Waals surface area contributed by atoms with Crippen LogP contribution in [0.2, 0.25) is 0 Å². The predicted molar refractivity (Wildman–Crippen MR) is 64.9 cm³/mol. The highest BCUT2D eigenvalue weighted by Gasteiger charge is 2.25. The first-order valence-electron chi connectivity index (χ1n) is 5.69. The number of benzene rings is 1. The number of H-pyrrole nitrogens is 1. The number of aromatic nitrogens is 1. The second-order valence-corrected chi connectivity index (χ2v) is 4.07. The van der Waals surface area contributed by atoms with Crippen LogP contribution in [0.5, 0.6) is 0 Å². The Hall–Kier alpha value is -2.95. The average molecular weight is 312 g/mol. The van der Waals surface area contributed by atoms with E-state index in [1.165, 1.54) is 24.4 Å². The lowest BCUT2D eigenvalue weighted by atomic mass is 10.0. The van der Waals surface area contributed by atoms with E-state index in [1.54, 1.807) is 0 Å². The van der Waals surface area contributed by atoms with Crippen LogP contribution in [0, 0.1) is 40.4 Å². The van der Waals surface area contributed by atoms with Crippen molar-refractivity contribution in [3.05, 3.63) is 64.2 Å². The van der Waals surface area contributed by atoms with Gasteiger partial charge < -0.3 is 4.98 Å². The van der Waals surface area contributed by atoms with Gasteiger partial charge in [0.15, 0.2) is 23.3 Å². The van der Waals surface area contributed by atoms with Gasteiger partial charge in [0.05, 0.1) is 11.3 Å². The number of nitriles is 1. The summed E-state index contributed by atoms with van der Waals surface area (Å²) in [7, 11) is 0. The number of ketones is 1. The molecule has 0 aliphatic carbocycles. The van der Waals surface area contributed by atoms with E-state index < -0.39 is 46.0 Å². The van der Waals surface area contributed by atoms with Gasteiger partial charge in [-0.05, 0) is 18.2 Å². The van der Waals surface area contributed by atoms with Crippen molar-refractivity contribution in [1.82, 2.24) is 4.98 Å². The van der Waals surface area contributed by atoms with Crippen molar-refractivity contribution in [2.45, 2.75) is 0 Å². The molecule has 0 spiro atoms. The number of carbonyl (C=O) groups is 1. The van der Waals surface area contributed by atoms with E-state index in [2.05, 4.69) is 4.98 Å². The lowest BCUT2D eigenvalue weighted by Gasteiger charge is -2.05. The quantitative estimate of drug-likeness (QED) is 0.235. The van der Waals surface area contributed by atoms with Gasteiger partial charge in [-0.2, -0.15) is 5.26 Å². The van der Waals surface area contributed by atoms with Gasteiger partial charge in [0, 0.05) is 6.20 Å². The van der Waals surface area contributed by atoms with E-state index in [9.17, 15) is 26.7 Å². The molecule has 112 valence electrons. The van der Waals surface area contributed by atoms with Crippen LogP contribution in [0.15, 0.2) is 23.9 Å². The number of halogens is 5. The molecule has 1 N–H and O–H groups in total. The van der Waals surface area contributed by atoms with E-state index in [4.69, 9.17) is 5.26 Å². The Morgan fingerprint density at radius 3 is 2.05 bits per heavy atom. The number of rotatable bonds is 3. The Kier molecular flexibility index (Phi) is 4.08. The Labute approximate surface area is 120 Å². The molecule has 0 atom stereocenters. The smallest absolute Gasteiger partial charge is 0.219 e. The molecular weight excluding hydrogens is 307 g/mol. The number of hydrogen-bond acceptors (Lipinski definition) is 2. The standard InChI is InChI=1S/C14H5F5N2O/c15-9-7(10(16)12(18)13(19)11(9)17)4-6(5-20)14(22)8-2-1-3-21-8/h1-4,21H/b6-4+. The van der Waals surface area contributed by atoms with Crippen molar-refractivity contribution in [3.63, 3.8) is 0 Å². The Balaban J connectivity index is 2.61. The van der Waals surface area contributed by atoms with Crippen LogP contribution in [0.25, 0.3) is 6.08 Å². The molecule has 0 radical (unpaired) electrons. The molecule has 2 rings (SSSR count). The van der Waals surface area contributed by atoms with Gasteiger partial charge in [-0.25, -0.2) is 22.0 Å². The lowest BCUT2D eigenvalue weighted by Crippen LogP contribution is -2.07. The number of nitrogens with one attached hydrogen (secondary N) is 1. The zero-order valence-electron chi connectivity index (χ0n) is 10.6. The fourth-order valence-electron chi connectivity index (χ4n) is 1.66. The maximum atomic E-state index is 13.5. The zero-order valence-corrected chi connectivity index (χ0v) is 10.6. The van der Waals surface area contributed by atoms with Crippen molar-refractivity contribution in [1.29, 1.82) is 5.26 Å². The summed E-state index contributed by atoms with van der Waals surface area (Å²) in [6, 6.07) is 4.08. The number of nitrogens with zero attached hydrogens (tertiary/aromatic N) is 1. The zero-order chi connectivity index (χ0) is 16.4. The highest BCUT2D eigenvalue weighted by Crippen LogP contribution is 2.25. The molecule has 3 nitrogen and oxygen atoms in total. The minimum absolute atomic E-state index is 0.0725. The molecule has 1 aromatic carbocycles. The fourth-order valence-corrected chi connectivity index (χ4v) is 1.66. The van der Waals surface area contributed by atoms with E-state index >= 15 is 0 Å². The minimum Gasteiger partial charge on any atom is -0.358 e. The monoisotopic (exact) mass is 312 g/mol. The van der Waals surface area contributed by atoms with Crippen molar-refractivity contribution in [3.8, 4) is 6.07 Å². The first kappa shape index (κ1) is 15.4. The van der Waals surface area contributed by atoms with Crippen molar-refractivity contribution >= 4 is 11.9 Å². The first-order chi connectivity index (χ1) is 10.4. The van der Waals surface area contributed by atoms with E-state index in [0.717, 1.165) is 0 Å². The third kappa shape index (κ3) is 2.48. The number of allylic oxidation sites excluding steroid dienone is 1. The van der Waals surface area contributed by atoms with Crippen molar-refractivity contribution in [2.75, 3.05) is 0 Å². The SMILES string of the molecule is N#C/C(=C\c1c(F)c(F)c(F)c(F)c1F)C(=O)c1ccc[nH]1. The summed E-state index contributed by atoms with van der Waals surface area (Å²) in [5.41, 5.74) is -2.21. The molecule has 0 fully saturated rings. The van der Waals surface area contributed by atoms with Gasteiger partial charge in [0.25, 0.3) is 0 Å². The van der Waals surface area contributed by atoms with Crippen molar-refractivity contribution in [2.24, 2.45) is 0 Å². The summed E-state index contributed by atoms with van der Waals surface area (Å²) in [4.78, 5) is 14.3. The lowest BCUT2D eigenvalue weighted by molar-refractivity contribution is 0.103. The van der Waals surface area contributed by atoms with Crippen molar-refractivity contribution < 1.29 is 26.7 Å². The Bertz CT molecular complexity index is 790. The summed E-state index contributed by atoms with van der Waals surface area (Å²) in [6.45, 7) is 0. The summed E-state index contributed by atoms with van der Waals surface area (Å²) in [5.74, 6) is -11.8. The van der Waals surface area contributed by atoms with Gasteiger partial charge >= 0.3 is 0 Å². The largest absolute Gasteiger partial charge is 0.358 e. The molecule has 8 heteroatoms. The number of aromatic amines is 1. The highest BCUT2D eigenvalue weighted by molar-refractivity contribution is 6.13. The number of carbonyl (C=O) groups excluding carboxylic acids is 1. The van der Waals surface area contributed by atoms with E-state index in [1.807, 2.05) is 0 Å². The van der Waals surface area contributed by atoms with E-state index in [0.29, 0.717) is 6.08 Å². The number of hydrogen-bond donors (Lipinski definition) is 1. The molecular formula is C14H5F5N2O. The van der Waals surface area contributed by atoms with Gasteiger partial charge in [0.2, 0.25) is 11.6 Å². The Morgan fingerprint density at radius 2 is 1.59 bits per heavy atom. The average Bonchev–Trinajstić information content (AvgIpc) is 3.05. The van der Waals surface area contributed by atoms with Crippen LogP contribution in [-0.4, -0.2) is 10.8 Å². The topological polar surface area (TPSA) is 56.6 Å². The van der Waals surface area contributed by atoms with Crippen LogP contribution in [0.3, 0.4) is 0 Å². The van der Waals surface area contributed by atoms with Gasteiger partial charge in [0.1, 0.15) is 11.6 Å².